The first-order chi connectivity index (χ1) is 13.3. The molecule has 1 amide bonds. The summed E-state index contributed by atoms with van der Waals surface area (Å²) in [6.45, 7) is 4.17. The fraction of sp³-hybridized carbons (Fsp3) is 0.0455. The Balaban J connectivity index is 1.75. The molecule has 1 fully saturated rings. The zero-order valence-electron chi connectivity index (χ0n) is 14.6. The van der Waals surface area contributed by atoms with Gasteiger partial charge in [0, 0.05) is 12.7 Å². The van der Waals surface area contributed by atoms with E-state index in [4.69, 9.17) is 0 Å². The van der Waals surface area contributed by atoms with E-state index < -0.39 is 0 Å². The maximum atomic E-state index is 12.9. The largest absolute Gasteiger partial charge is 0.283 e. The Bertz CT molecular complexity index is 1070. The Kier molecular flexibility index (Phi) is 4.85. The molecule has 0 saturated carbocycles. The number of hydrogen-bond acceptors (Lipinski definition) is 4. The van der Waals surface area contributed by atoms with E-state index in [2.05, 4.69) is 34.8 Å². The van der Waals surface area contributed by atoms with Gasteiger partial charge in [0.15, 0.2) is 5.17 Å². The standard InChI is InChI=1S/C22H17N3OS/c1-2-13-25-21(26)20(27-22(25)24-18-10-6-12-23-15-18)14-17-9-5-8-16-7-3-4-11-19(16)17/h2-12,14-15H,1,13H2/b20-14-,24-22?. The maximum Gasteiger partial charge on any atom is 0.267 e. The third-order valence-electron chi connectivity index (χ3n) is 4.18. The van der Waals surface area contributed by atoms with Crippen LogP contribution in [0.5, 0.6) is 0 Å². The molecule has 2 aromatic carbocycles. The molecule has 0 bridgehead atoms. The smallest absolute Gasteiger partial charge is 0.267 e. The van der Waals surface area contributed by atoms with Crippen LogP contribution in [-0.4, -0.2) is 27.5 Å². The van der Waals surface area contributed by atoms with Crippen molar-refractivity contribution >= 4 is 45.4 Å². The van der Waals surface area contributed by atoms with E-state index in [-0.39, 0.29) is 5.91 Å². The minimum absolute atomic E-state index is 0.0597. The number of aromatic nitrogens is 1. The molecule has 1 saturated heterocycles. The Morgan fingerprint density at radius 2 is 1.96 bits per heavy atom. The summed E-state index contributed by atoms with van der Waals surface area (Å²) in [5.74, 6) is -0.0597. The molecule has 1 aliphatic rings. The highest BCUT2D eigenvalue weighted by Crippen LogP contribution is 2.35. The predicted molar refractivity (Wildman–Crippen MR) is 113 cm³/mol. The molecule has 0 unspecified atom stereocenters. The summed E-state index contributed by atoms with van der Waals surface area (Å²) >= 11 is 1.38. The van der Waals surface area contributed by atoms with Gasteiger partial charge < -0.3 is 0 Å². The lowest BCUT2D eigenvalue weighted by Gasteiger charge is -2.12. The van der Waals surface area contributed by atoms with Crippen molar-refractivity contribution in [3.63, 3.8) is 0 Å². The van der Waals surface area contributed by atoms with Gasteiger partial charge in [0.1, 0.15) is 0 Å². The van der Waals surface area contributed by atoms with Crippen LogP contribution in [-0.2, 0) is 4.79 Å². The molecule has 3 aromatic rings. The fourth-order valence-corrected chi connectivity index (χ4v) is 3.93. The Labute approximate surface area is 161 Å². The molecule has 1 aromatic heterocycles. The highest BCUT2D eigenvalue weighted by Gasteiger charge is 2.32. The number of fused-ring (bicyclic) bond motifs is 1. The number of amidine groups is 1. The van der Waals surface area contributed by atoms with Gasteiger partial charge in [0.25, 0.3) is 5.91 Å². The van der Waals surface area contributed by atoms with Gasteiger partial charge in [-0.2, -0.15) is 0 Å². The van der Waals surface area contributed by atoms with Crippen molar-refractivity contribution in [1.82, 2.24) is 9.88 Å². The molecule has 1 aliphatic heterocycles. The topological polar surface area (TPSA) is 45.6 Å². The molecule has 0 N–H and O–H groups in total. The van der Waals surface area contributed by atoms with Gasteiger partial charge >= 0.3 is 0 Å². The average Bonchev–Trinajstić information content (AvgIpc) is 2.98. The van der Waals surface area contributed by atoms with Gasteiger partial charge in [0.2, 0.25) is 0 Å². The second kappa shape index (κ2) is 7.60. The summed E-state index contributed by atoms with van der Waals surface area (Å²) in [6.07, 6.45) is 7.02. The van der Waals surface area contributed by atoms with Crippen molar-refractivity contribution in [3.8, 4) is 0 Å². The zero-order valence-corrected chi connectivity index (χ0v) is 15.4. The lowest BCUT2D eigenvalue weighted by atomic mass is 10.0. The SMILES string of the molecule is C=CCN1C(=O)/C(=C/c2cccc3ccccc23)SC1=Nc1cccnc1. The first-order valence-corrected chi connectivity index (χ1v) is 9.37. The Morgan fingerprint density at radius 1 is 1.11 bits per heavy atom. The summed E-state index contributed by atoms with van der Waals surface area (Å²) in [5, 5.41) is 2.91. The molecule has 4 nitrogen and oxygen atoms in total. The van der Waals surface area contributed by atoms with Gasteiger partial charge in [-0.25, -0.2) is 4.99 Å². The van der Waals surface area contributed by atoms with Crippen molar-refractivity contribution in [2.75, 3.05) is 6.54 Å². The average molecular weight is 371 g/mol. The number of rotatable bonds is 4. The molecule has 0 atom stereocenters. The molecule has 2 heterocycles. The maximum absolute atomic E-state index is 12.9. The normalized spacial score (nSPS) is 17.2. The summed E-state index contributed by atoms with van der Waals surface area (Å²) in [6, 6.07) is 17.9. The summed E-state index contributed by atoms with van der Waals surface area (Å²) in [7, 11) is 0. The minimum Gasteiger partial charge on any atom is -0.283 e. The van der Waals surface area contributed by atoms with Gasteiger partial charge in [-0.3, -0.25) is 14.7 Å². The van der Waals surface area contributed by atoms with Crippen molar-refractivity contribution in [1.29, 1.82) is 0 Å². The van der Waals surface area contributed by atoms with Crippen LogP contribution < -0.4 is 0 Å². The van der Waals surface area contributed by atoms with Crippen LogP contribution in [0.25, 0.3) is 16.8 Å². The quantitative estimate of drug-likeness (QED) is 0.477. The molecule has 132 valence electrons. The number of amides is 1. The van der Waals surface area contributed by atoms with Gasteiger partial charge in [-0.1, -0.05) is 48.5 Å². The zero-order chi connectivity index (χ0) is 18.6. The first kappa shape index (κ1) is 17.2. The van der Waals surface area contributed by atoms with E-state index in [1.54, 1.807) is 23.4 Å². The van der Waals surface area contributed by atoms with Crippen LogP contribution in [0.2, 0.25) is 0 Å². The van der Waals surface area contributed by atoms with Crippen LogP contribution >= 0.6 is 11.8 Å². The molecule has 27 heavy (non-hydrogen) atoms. The number of pyridine rings is 1. The molecule has 0 spiro atoms. The van der Waals surface area contributed by atoms with Gasteiger partial charge in [-0.05, 0) is 46.3 Å². The second-order valence-corrected chi connectivity index (χ2v) is 7.00. The van der Waals surface area contributed by atoms with Crippen LogP contribution in [0.3, 0.4) is 0 Å². The number of carbonyl (C=O) groups excluding carboxylic acids is 1. The molecular weight excluding hydrogens is 354 g/mol. The van der Waals surface area contributed by atoms with Crippen molar-refractivity contribution in [3.05, 3.63) is 90.1 Å². The van der Waals surface area contributed by atoms with Crippen LogP contribution in [0, 0.1) is 0 Å². The monoisotopic (exact) mass is 371 g/mol. The van der Waals surface area contributed by atoms with E-state index in [9.17, 15) is 4.79 Å². The second-order valence-electron chi connectivity index (χ2n) is 5.99. The number of hydrogen-bond donors (Lipinski definition) is 0. The molecular formula is C22H17N3OS. The van der Waals surface area contributed by atoms with Gasteiger partial charge in [-0.15, -0.1) is 6.58 Å². The number of benzene rings is 2. The van der Waals surface area contributed by atoms with E-state index in [0.29, 0.717) is 22.3 Å². The molecule has 4 rings (SSSR count). The number of nitrogens with zero attached hydrogens (tertiary/aromatic N) is 3. The lowest BCUT2D eigenvalue weighted by Crippen LogP contribution is -2.29. The highest BCUT2D eigenvalue weighted by molar-refractivity contribution is 8.18. The lowest BCUT2D eigenvalue weighted by molar-refractivity contribution is -0.121. The minimum atomic E-state index is -0.0597. The first-order valence-electron chi connectivity index (χ1n) is 8.55. The molecule has 0 radical (unpaired) electrons. The van der Waals surface area contributed by atoms with Crippen molar-refractivity contribution in [2.45, 2.75) is 0 Å². The van der Waals surface area contributed by atoms with E-state index >= 15 is 0 Å². The Morgan fingerprint density at radius 3 is 2.78 bits per heavy atom. The third kappa shape index (κ3) is 3.55. The number of carbonyl (C=O) groups is 1. The summed E-state index contributed by atoms with van der Waals surface area (Å²) < 4.78 is 0. The Hall–Kier alpha value is -3.18. The molecule has 0 aliphatic carbocycles. The third-order valence-corrected chi connectivity index (χ3v) is 5.19. The van der Waals surface area contributed by atoms with E-state index in [0.717, 1.165) is 16.3 Å². The summed E-state index contributed by atoms with van der Waals surface area (Å²) in [5.41, 5.74) is 1.73. The van der Waals surface area contributed by atoms with Crippen LogP contribution in [0.1, 0.15) is 5.56 Å². The number of thioether (sulfide) groups is 1. The van der Waals surface area contributed by atoms with Gasteiger partial charge in [0.05, 0.1) is 16.8 Å². The number of aliphatic imine (C=N–C) groups is 1. The summed E-state index contributed by atoms with van der Waals surface area (Å²) in [4.78, 5) is 23.9. The molecule has 5 heteroatoms. The predicted octanol–water partition coefficient (Wildman–Crippen LogP) is 5.02. The van der Waals surface area contributed by atoms with Crippen molar-refractivity contribution < 1.29 is 4.79 Å². The van der Waals surface area contributed by atoms with E-state index in [1.807, 2.05) is 42.5 Å². The van der Waals surface area contributed by atoms with E-state index in [1.165, 1.54) is 11.8 Å². The van der Waals surface area contributed by atoms with Crippen LogP contribution in [0.4, 0.5) is 5.69 Å². The van der Waals surface area contributed by atoms with Crippen molar-refractivity contribution in [2.24, 2.45) is 4.99 Å². The highest BCUT2D eigenvalue weighted by atomic mass is 32.2. The van der Waals surface area contributed by atoms with Crippen LogP contribution in [0.15, 0.2) is 89.5 Å². The fourth-order valence-electron chi connectivity index (χ4n) is 2.93.